The van der Waals surface area contributed by atoms with E-state index >= 15 is 0 Å². The van der Waals surface area contributed by atoms with Gasteiger partial charge in [-0.15, -0.1) is 5.10 Å². The molecule has 0 saturated heterocycles. The molecule has 2 aromatic rings. The number of nitrogens with zero attached hydrogens (tertiary/aromatic N) is 3. The Labute approximate surface area is 130 Å². The number of rotatable bonds is 8. The van der Waals surface area contributed by atoms with E-state index in [0.717, 1.165) is 25.8 Å². The van der Waals surface area contributed by atoms with Crippen LogP contribution in [0.3, 0.4) is 0 Å². The molecule has 0 amide bonds. The van der Waals surface area contributed by atoms with Gasteiger partial charge in [0.15, 0.2) is 0 Å². The highest BCUT2D eigenvalue weighted by atomic mass is 32.2. The van der Waals surface area contributed by atoms with Crippen molar-refractivity contribution in [2.24, 2.45) is 0 Å². The highest BCUT2D eigenvalue weighted by Crippen LogP contribution is 2.11. The van der Waals surface area contributed by atoms with E-state index in [2.05, 4.69) is 22.0 Å². The number of unbranched alkanes of at least 4 members (excludes halogenated alkanes) is 2. The van der Waals surface area contributed by atoms with Crippen LogP contribution in [0.2, 0.25) is 0 Å². The van der Waals surface area contributed by atoms with Crippen molar-refractivity contribution in [3.63, 3.8) is 0 Å². The summed E-state index contributed by atoms with van der Waals surface area (Å²) in [6.45, 7) is 3.05. The number of nitrogens with one attached hydrogen (secondary N) is 1. The fourth-order valence-electron chi connectivity index (χ4n) is 1.95. The van der Waals surface area contributed by atoms with Gasteiger partial charge in [0.25, 0.3) is 0 Å². The lowest BCUT2D eigenvalue weighted by Gasteiger charge is -2.05. The van der Waals surface area contributed by atoms with Crippen molar-refractivity contribution in [2.45, 2.75) is 44.2 Å². The molecule has 7 nitrogen and oxygen atoms in total. The van der Waals surface area contributed by atoms with Gasteiger partial charge in [0, 0.05) is 18.4 Å². The lowest BCUT2D eigenvalue weighted by atomic mass is 10.2. The van der Waals surface area contributed by atoms with Crippen LogP contribution in [0.4, 0.5) is 5.69 Å². The molecule has 0 fully saturated rings. The molecule has 0 spiro atoms. The third kappa shape index (κ3) is 4.54. The van der Waals surface area contributed by atoms with Gasteiger partial charge in [-0.3, -0.25) is 4.68 Å². The average Bonchev–Trinajstić information content (AvgIpc) is 2.94. The van der Waals surface area contributed by atoms with Crippen molar-refractivity contribution >= 4 is 15.7 Å². The van der Waals surface area contributed by atoms with Crippen LogP contribution in [0.5, 0.6) is 0 Å². The number of anilines is 1. The highest BCUT2D eigenvalue weighted by molar-refractivity contribution is 7.89. The number of sulfonamides is 1. The first-order chi connectivity index (χ1) is 10.5. The van der Waals surface area contributed by atoms with Gasteiger partial charge in [-0.25, -0.2) is 13.1 Å². The second kappa shape index (κ2) is 7.37. The summed E-state index contributed by atoms with van der Waals surface area (Å²) in [6.07, 6.45) is 5.08. The van der Waals surface area contributed by atoms with E-state index in [0.29, 0.717) is 11.4 Å². The minimum Gasteiger partial charge on any atom is -0.399 e. The molecule has 1 aromatic heterocycles. The third-order valence-corrected chi connectivity index (χ3v) is 4.63. The van der Waals surface area contributed by atoms with Gasteiger partial charge in [-0.05, 0) is 30.7 Å². The summed E-state index contributed by atoms with van der Waals surface area (Å²) in [5.74, 6) is 0. The van der Waals surface area contributed by atoms with Gasteiger partial charge in [0.05, 0.1) is 17.1 Å². The minimum absolute atomic E-state index is 0.112. The summed E-state index contributed by atoms with van der Waals surface area (Å²) in [5.41, 5.74) is 6.67. The van der Waals surface area contributed by atoms with Crippen LogP contribution >= 0.6 is 0 Å². The lowest BCUT2D eigenvalue weighted by molar-refractivity contribution is 0.537. The molecule has 1 heterocycles. The Morgan fingerprint density at radius 2 is 1.95 bits per heavy atom. The van der Waals surface area contributed by atoms with Crippen LogP contribution in [-0.4, -0.2) is 23.4 Å². The van der Waals surface area contributed by atoms with Crippen molar-refractivity contribution in [2.75, 3.05) is 5.73 Å². The van der Waals surface area contributed by atoms with Gasteiger partial charge in [0.2, 0.25) is 10.0 Å². The molecule has 120 valence electrons. The van der Waals surface area contributed by atoms with Gasteiger partial charge < -0.3 is 5.73 Å². The lowest BCUT2D eigenvalue weighted by Crippen LogP contribution is -2.23. The van der Waals surface area contributed by atoms with Crippen molar-refractivity contribution in [3.05, 3.63) is 36.2 Å². The Morgan fingerprint density at radius 1 is 1.23 bits per heavy atom. The van der Waals surface area contributed by atoms with Crippen LogP contribution in [-0.2, 0) is 23.1 Å². The Morgan fingerprint density at radius 3 is 2.64 bits per heavy atom. The highest BCUT2D eigenvalue weighted by Gasteiger charge is 2.14. The van der Waals surface area contributed by atoms with Crippen molar-refractivity contribution in [1.29, 1.82) is 0 Å². The van der Waals surface area contributed by atoms with Crippen molar-refractivity contribution in [1.82, 2.24) is 19.7 Å². The van der Waals surface area contributed by atoms with E-state index in [4.69, 9.17) is 5.73 Å². The SMILES string of the molecule is CCCCCn1cc(CNS(=O)(=O)c2ccc(N)cc2)nn1. The number of nitrogens with two attached hydrogens (primary N) is 1. The molecule has 0 radical (unpaired) electrons. The molecule has 22 heavy (non-hydrogen) atoms. The number of hydrogen-bond acceptors (Lipinski definition) is 5. The van der Waals surface area contributed by atoms with Crippen molar-refractivity contribution < 1.29 is 8.42 Å². The molecule has 0 unspecified atom stereocenters. The molecule has 2 rings (SSSR count). The predicted molar refractivity (Wildman–Crippen MR) is 84.4 cm³/mol. The van der Waals surface area contributed by atoms with Crippen LogP contribution in [0.15, 0.2) is 35.4 Å². The van der Waals surface area contributed by atoms with E-state index in [1.165, 1.54) is 12.1 Å². The predicted octanol–water partition coefficient (Wildman–Crippen LogP) is 1.53. The second-order valence-electron chi connectivity index (χ2n) is 5.07. The van der Waals surface area contributed by atoms with Crippen LogP contribution in [0.1, 0.15) is 31.9 Å². The van der Waals surface area contributed by atoms with Gasteiger partial charge in [0.1, 0.15) is 0 Å². The number of hydrogen-bond donors (Lipinski definition) is 2. The van der Waals surface area contributed by atoms with E-state index in [1.54, 1.807) is 23.0 Å². The quantitative estimate of drug-likeness (QED) is 0.566. The molecule has 0 bridgehead atoms. The zero-order valence-electron chi connectivity index (χ0n) is 12.6. The fraction of sp³-hybridized carbons (Fsp3) is 0.429. The van der Waals surface area contributed by atoms with E-state index < -0.39 is 10.0 Å². The summed E-state index contributed by atoms with van der Waals surface area (Å²) in [5, 5.41) is 7.96. The number of nitrogen functional groups attached to an aromatic ring is 1. The number of benzene rings is 1. The maximum absolute atomic E-state index is 12.1. The molecular weight excluding hydrogens is 302 g/mol. The summed E-state index contributed by atoms with van der Waals surface area (Å²) >= 11 is 0. The Kier molecular flexibility index (Phi) is 5.51. The first kappa shape index (κ1) is 16.4. The summed E-state index contributed by atoms with van der Waals surface area (Å²) in [7, 11) is -3.57. The first-order valence-electron chi connectivity index (χ1n) is 7.25. The largest absolute Gasteiger partial charge is 0.399 e. The van der Waals surface area contributed by atoms with Gasteiger partial charge >= 0.3 is 0 Å². The van der Waals surface area contributed by atoms with Crippen LogP contribution in [0.25, 0.3) is 0 Å². The molecule has 0 aliphatic heterocycles. The zero-order valence-corrected chi connectivity index (χ0v) is 13.4. The molecule has 0 saturated carbocycles. The van der Waals surface area contributed by atoms with Crippen LogP contribution in [0, 0.1) is 0 Å². The van der Waals surface area contributed by atoms with Crippen LogP contribution < -0.4 is 10.5 Å². The van der Waals surface area contributed by atoms with E-state index in [1.807, 2.05) is 0 Å². The van der Waals surface area contributed by atoms with Crippen molar-refractivity contribution in [3.8, 4) is 0 Å². The molecule has 0 aliphatic carbocycles. The molecular formula is C14H21N5O2S. The summed E-state index contributed by atoms with van der Waals surface area (Å²) in [6, 6.07) is 6.05. The Bertz CT molecular complexity index is 694. The third-order valence-electron chi connectivity index (χ3n) is 3.21. The number of aromatic nitrogens is 3. The van der Waals surface area contributed by atoms with Gasteiger partial charge in [-0.2, -0.15) is 0 Å². The Hall–Kier alpha value is -1.93. The normalized spacial score (nSPS) is 11.7. The molecule has 0 aliphatic rings. The number of aryl methyl sites for hydroxylation is 1. The second-order valence-corrected chi connectivity index (χ2v) is 6.84. The standard InChI is InChI=1S/C14H21N5O2S/c1-2-3-4-9-19-11-13(17-18-19)10-16-22(20,21)14-7-5-12(15)6-8-14/h5-8,11,16H,2-4,9-10,15H2,1H3. The monoisotopic (exact) mass is 323 g/mol. The molecule has 0 atom stereocenters. The molecule has 8 heteroatoms. The maximum atomic E-state index is 12.1. The fourth-order valence-corrected chi connectivity index (χ4v) is 2.95. The molecule has 1 aromatic carbocycles. The summed E-state index contributed by atoms with van der Waals surface area (Å²) < 4.78 is 28.5. The minimum atomic E-state index is -3.57. The average molecular weight is 323 g/mol. The van der Waals surface area contributed by atoms with E-state index in [9.17, 15) is 8.42 Å². The first-order valence-corrected chi connectivity index (χ1v) is 8.74. The summed E-state index contributed by atoms with van der Waals surface area (Å²) in [4.78, 5) is 0.178. The molecule has 3 N–H and O–H groups in total. The Balaban J connectivity index is 1.93. The van der Waals surface area contributed by atoms with Gasteiger partial charge in [-0.1, -0.05) is 25.0 Å². The maximum Gasteiger partial charge on any atom is 0.240 e. The van der Waals surface area contributed by atoms with E-state index in [-0.39, 0.29) is 11.4 Å². The zero-order chi connectivity index (χ0) is 16.0. The topological polar surface area (TPSA) is 103 Å². The smallest absolute Gasteiger partial charge is 0.240 e.